The normalized spacial score (nSPS) is 15.7. The van der Waals surface area contributed by atoms with Gasteiger partial charge in [-0.15, -0.1) is 0 Å². The van der Waals surface area contributed by atoms with Crippen LogP contribution in [0.4, 0.5) is 0 Å². The molecule has 0 aliphatic rings. The lowest BCUT2D eigenvalue weighted by Crippen LogP contribution is -2.35. The molecule has 0 amide bonds. The van der Waals surface area contributed by atoms with Gasteiger partial charge in [-0.1, -0.05) is 34.1 Å². The number of rotatable bonds is 5. The van der Waals surface area contributed by atoms with Gasteiger partial charge < -0.3 is 10.2 Å². The van der Waals surface area contributed by atoms with E-state index in [4.69, 9.17) is 10.2 Å². The second-order valence-electron chi connectivity index (χ2n) is 3.28. The lowest BCUT2D eigenvalue weighted by atomic mass is 10.3. The fourth-order valence-corrected chi connectivity index (χ4v) is 3.89. The third kappa shape index (κ3) is 2.82. The van der Waals surface area contributed by atoms with Crippen molar-refractivity contribution < 1.29 is 18.6 Å². The Morgan fingerprint density at radius 1 is 1.12 bits per heavy atom. The van der Waals surface area contributed by atoms with Crippen molar-refractivity contribution in [1.82, 2.24) is 0 Å². The van der Waals surface area contributed by atoms with E-state index < -0.39 is 26.5 Å². The van der Waals surface area contributed by atoms with Gasteiger partial charge in [0.1, 0.15) is 5.25 Å². The van der Waals surface area contributed by atoms with Gasteiger partial charge in [-0.05, 0) is 12.1 Å². The Bertz CT molecular complexity index is 418. The SMILES string of the molecule is O=S(=O)(c1ccccc1)C(CO)C(Br)CO. The van der Waals surface area contributed by atoms with E-state index in [2.05, 4.69) is 15.9 Å². The maximum absolute atomic E-state index is 12.1. The summed E-state index contributed by atoms with van der Waals surface area (Å²) >= 11 is 3.05. The van der Waals surface area contributed by atoms with Crippen molar-refractivity contribution in [2.24, 2.45) is 0 Å². The first kappa shape index (κ1) is 13.6. The summed E-state index contributed by atoms with van der Waals surface area (Å²) in [6.45, 7) is -0.884. The molecule has 0 saturated heterocycles. The summed E-state index contributed by atoms with van der Waals surface area (Å²) < 4.78 is 24.1. The molecule has 0 aliphatic carbocycles. The fourth-order valence-electron chi connectivity index (χ4n) is 1.31. The van der Waals surface area contributed by atoms with Crippen LogP contribution in [0.25, 0.3) is 0 Å². The monoisotopic (exact) mass is 308 g/mol. The highest BCUT2D eigenvalue weighted by atomic mass is 79.9. The number of alkyl halides is 1. The molecule has 2 N–H and O–H groups in total. The van der Waals surface area contributed by atoms with E-state index in [9.17, 15) is 8.42 Å². The predicted octanol–water partition coefficient (Wildman–Crippen LogP) is 0.577. The molecular formula is C10H13BrO4S. The minimum Gasteiger partial charge on any atom is -0.395 e. The minimum absolute atomic E-state index is 0.145. The van der Waals surface area contributed by atoms with Crippen molar-refractivity contribution in [2.45, 2.75) is 15.0 Å². The Hall–Kier alpha value is -0.430. The molecule has 4 nitrogen and oxygen atoms in total. The summed E-state index contributed by atoms with van der Waals surface area (Å²) in [5, 5.41) is 17.0. The zero-order chi connectivity index (χ0) is 12.2. The Morgan fingerprint density at radius 2 is 1.69 bits per heavy atom. The molecule has 0 aliphatic heterocycles. The zero-order valence-corrected chi connectivity index (χ0v) is 10.9. The largest absolute Gasteiger partial charge is 0.395 e. The van der Waals surface area contributed by atoms with E-state index in [1.165, 1.54) is 12.1 Å². The molecule has 6 heteroatoms. The van der Waals surface area contributed by atoms with Crippen LogP contribution in [-0.4, -0.2) is 41.9 Å². The number of aliphatic hydroxyl groups is 2. The average Bonchev–Trinajstić information content (AvgIpc) is 2.30. The van der Waals surface area contributed by atoms with Crippen molar-refractivity contribution in [2.75, 3.05) is 13.2 Å². The van der Waals surface area contributed by atoms with Crippen molar-refractivity contribution in [3.8, 4) is 0 Å². The number of halogens is 1. The summed E-state index contributed by atoms with van der Waals surface area (Å²) in [6, 6.07) is 7.88. The van der Waals surface area contributed by atoms with Gasteiger partial charge in [0.05, 0.1) is 22.9 Å². The van der Waals surface area contributed by atoms with Crippen LogP contribution < -0.4 is 0 Å². The third-order valence-corrected chi connectivity index (χ3v) is 5.71. The van der Waals surface area contributed by atoms with Crippen LogP contribution in [0.15, 0.2) is 35.2 Å². The van der Waals surface area contributed by atoms with Crippen molar-refractivity contribution in [3.63, 3.8) is 0 Å². The molecule has 2 atom stereocenters. The van der Waals surface area contributed by atoms with Gasteiger partial charge >= 0.3 is 0 Å². The van der Waals surface area contributed by atoms with Gasteiger partial charge in [-0.3, -0.25) is 0 Å². The first-order valence-corrected chi connectivity index (χ1v) is 7.15. The third-order valence-electron chi connectivity index (χ3n) is 2.23. The molecule has 1 rings (SSSR count). The Kier molecular flexibility index (Phi) is 4.91. The first-order chi connectivity index (χ1) is 7.54. The number of sulfone groups is 1. The van der Waals surface area contributed by atoms with Gasteiger partial charge in [0.15, 0.2) is 9.84 Å². The number of aliphatic hydroxyl groups excluding tert-OH is 2. The van der Waals surface area contributed by atoms with Gasteiger partial charge in [0, 0.05) is 0 Å². The molecule has 0 bridgehead atoms. The molecule has 0 aromatic heterocycles. The highest BCUT2D eigenvalue weighted by Gasteiger charge is 2.32. The van der Waals surface area contributed by atoms with Crippen LogP contribution in [0.1, 0.15) is 0 Å². The molecular weight excluding hydrogens is 296 g/mol. The van der Waals surface area contributed by atoms with Gasteiger partial charge in [-0.2, -0.15) is 0 Å². The van der Waals surface area contributed by atoms with Crippen molar-refractivity contribution in [1.29, 1.82) is 0 Å². The van der Waals surface area contributed by atoms with E-state index >= 15 is 0 Å². The maximum Gasteiger partial charge on any atom is 0.184 e. The first-order valence-electron chi connectivity index (χ1n) is 4.68. The molecule has 1 aromatic carbocycles. The zero-order valence-electron chi connectivity index (χ0n) is 8.45. The van der Waals surface area contributed by atoms with Gasteiger partial charge in [0.2, 0.25) is 0 Å². The standard InChI is InChI=1S/C10H13BrO4S/c11-9(6-12)10(7-13)16(14,15)8-4-2-1-3-5-8/h1-5,9-10,12-13H,6-7H2. The molecule has 0 spiro atoms. The second-order valence-corrected chi connectivity index (χ2v) is 6.62. The van der Waals surface area contributed by atoms with E-state index in [1.807, 2.05) is 0 Å². The van der Waals surface area contributed by atoms with E-state index in [-0.39, 0.29) is 11.5 Å². The summed E-state index contributed by atoms with van der Waals surface area (Å²) in [5.41, 5.74) is 0. The van der Waals surface area contributed by atoms with Crippen molar-refractivity contribution in [3.05, 3.63) is 30.3 Å². The van der Waals surface area contributed by atoms with Gasteiger partial charge in [-0.25, -0.2) is 8.42 Å². The number of hydrogen-bond acceptors (Lipinski definition) is 4. The quantitative estimate of drug-likeness (QED) is 0.780. The number of hydrogen-bond donors (Lipinski definition) is 2. The molecule has 0 saturated carbocycles. The summed E-state index contributed by atoms with van der Waals surface area (Å²) in [5.74, 6) is 0. The van der Waals surface area contributed by atoms with E-state index in [1.54, 1.807) is 18.2 Å². The van der Waals surface area contributed by atoms with Crippen LogP contribution in [-0.2, 0) is 9.84 Å². The van der Waals surface area contributed by atoms with E-state index in [0.29, 0.717) is 0 Å². The second kappa shape index (κ2) is 5.77. The molecule has 16 heavy (non-hydrogen) atoms. The maximum atomic E-state index is 12.1. The Morgan fingerprint density at radius 3 is 2.12 bits per heavy atom. The molecule has 1 aromatic rings. The van der Waals surface area contributed by atoms with Crippen LogP contribution in [0.5, 0.6) is 0 Å². The van der Waals surface area contributed by atoms with Crippen LogP contribution in [0.3, 0.4) is 0 Å². The van der Waals surface area contributed by atoms with Crippen LogP contribution in [0.2, 0.25) is 0 Å². The van der Waals surface area contributed by atoms with Crippen molar-refractivity contribution >= 4 is 25.8 Å². The van der Waals surface area contributed by atoms with Gasteiger partial charge in [0.25, 0.3) is 0 Å². The van der Waals surface area contributed by atoms with Crippen LogP contribution >= 0.6 is 15.9 Å². The minimum atomic E-state index is -3.62. The smallest absolute Gasteiger partial charge is 0.184 e. The lowest BCUT2D eigenvalue weighted by molar-refractivity contribution is 0.250. The van der Waals surface area contributed by atoms with E-state index in [0.717, 1.165) is 0 Å². The summed E-state index contributed by atoms with van der Waals surface area (Å²) in [6.07, 6.45) is 0. The fraction of sp³-hybridized carbons (Fsp3) is 0.400. The van der Waals surface area contributed by atoms with Crippen LogP contribution in [0, 0.1) is 0 Å². The predicted molar refractivity (Wildman–Crippen MR) is 64.3 cm³/mol. The topological polar surface area (TPSA) is 74.6 Å². The lowest BCUT2D eigenvalue weighted by Gasteiger charge is -2.19. The Labute approximate surface area is 103 Å². The molecule has 90 valence electrons. The highest BCUT2D eigenvalue weighted by molar-refractivity contribution is 9.09. The summed E-state index contributed by atoms with van der Waals surface area (Å²) in [7, 11) is -3.62. The molecule has 0 radical (unpaired) electrons. The highest BCUT2D eigenvalue weighted by Crippen LogP contribution is 2.21. The molecule has 0 heterocycles. The molecule has 2 unspecified atom stereocenters. The number of benzene rings is 1. The average molecular weight is 309 g/mol. The summed E-state index contributed by atoms with van der Waals surface area (Å²) in [4.78, 5) is -0.533. The molecule has 0 fully saturated rings. The Balaban J connectivity index is 3.10.